The Morgan fingerprint density at radius 2 is 0.885 bits per heavy atom. The van der Waals surface area contributed by atoms with Gasteiger partial charge in [-0.3, -0.25) is 0 Å². The van der Waals surface area contributed by atoms with Gasteiger partial charge in [-0.1, -0.05) is 54.6 Å². The van der Waals surface area contributed by atoms with Gasteiger partial charge >= 0.3 is 7.82 Å². The Balaban J connectivity index is 0.000000758. The molecule has 132 valence electrons. The third-order valence-corrected chi connectivity index (χ3v) is 4.18. The molecular weight excluding hydrogens is 349 g/mol. The van der Waals surface area contributed by atoms with Gasteiger partial charge in [0, 0.05) is 6.92 Å². The van der Waals surface area contributed by atoms with Crippen LogP contribution in [0.2, 0.25) is 0 Å². The number of hydrogen-bond donors (Lipinski definition) is 0. The van der Waals surface area contributed by atoms with E-state index in [9.17, 15) is 4.57 Å². The Morgan fingerprint density at radius 1 is 0.654 bits per heavy atom. The molecule has 0 atom stereocenters. The fraction of sp³-hybridized carbons (Fsp3) is 0.0500. The van der Waals surface area contributed by atoms with Crippen molar-refractivity contribution in [2.24, 2.45) is 0 Å². The molecular formula is C20H18NO4P. The van der Waals surface area contributed by atoms with Crippen LogP contribution in [0.1, 0.15) is 6.92 Å². The topological polar surface area (TPSA) is 68.6 Å². The van der Waals surface area contributed by atoms with Crippen LogP contribution in [-0.4, -0.2) is 0 Å². The summed E-state index contributed by atoms with van der Waals surface area (Å²) in [6.45, 7) is 1.43. The Bertz CT molecular complexity index is 756. The SMILES string of the molecule is CC#N.O=P(Oc1ccccc1)(Oc1ccccc1)Oc1ccccc1. The molecule has 0 heterocycles. The maximum absolute atomic E-state index is 13.1. The number of benzene rings is 3. The number of phosphoric ester groups is 1. The van der Waals surface area contributed by atoms with Crippen molar-refractivity contribution < 1.29 is 18.1 Å². The highest BCUT2D eigenvalue weighted by molar-refractivity contribution is 7.49. The van der Waals surface area contributed by atoms with Gasteiger partial charge in [0.15, 0.2) is 0 Å². The zero-order valence-corrected chi connectivity index (χ0v) is 15.1. The number of rotatable bonds is 6. The van der Waals surface area contributed by atoms with E-state index in [0.29, 0.717) is 17.2 Å². The van der Waals surface area contributed by atoms with E-state index < -0.39 is 7.82 Å². The van der Waals surface area contributed by atoms with Crippen molar-refractivity contribution >= 4 is 7.82 Å². The van der Waals surface area contributed by atoms with Crippen molar-refractivity contribution in [2.75, 3.05) is 0 Å². The van der Waals surface area contributed by atoms with E-state index in [1.165, 1.54) is 6.92 Å². The van der Waals surface area contributed by atoms with Gasteiger partial charge in [-0.15, -0.1) is 0 Å². The van der Waals surface area contributed by atoms with Crippen LogP contribution in [0.5, 0.6) is 17.2 Å². The predicted molar refractivity (Wildman–Crippen MR) is 100 cm³/mol. The average Bonchev–Trinajstić information content (AvgIpc) is 2.64. The van der Waals surface area contributed by atoms with Gasteiger partial charge in [0.05, 0.1) is 6.07 Å². The Kier molecular flexibility index (Phi) is 7.30. The van der Waals surface area contributed by atoms with E-state index in [2.05, 4.69) is 0 Å². The number of nitriles is 1. The van der Waals surface area contributed by atoms with E-state index in [1.54, 1.807) is 78.9 Å². The number of hydrogen-bond acceptors (Lipinski definition) is 5. The van der Waals surface area contributed by atoms with Crippen LogP contribution in [0.3, 0.4) is 0 Å². The second-order valence-corrected chi connectivity index (χ2v) is 6.33. The van der Waals surface area contributed by atoms with Gasteiger partial charge in [-0.2, -0.15) is 9.83 Å². The summed E-state index contributed by atoms with van der Waals surface area (Å²) in [7, 11) is -3.89. The van der Waals surface area contributed by atoms with Crippen molar-refractivity contribution in [1.82, 2.24) is 0 Å². The zero-order valence-electron chi connectivity index (χ0n) is 14.2. The highest BCUT2D eigenvalue weighted by Gasteiger charge is 2.33. The Morgan fingerprint density at radius 3 is 1.12 bits per heavy atom. The lowest BCUT2D eigenvalue weighted by atomic mass is 10.3. The van der Waals surface area contributed by atoms with Crippen molar-refractivity contribution in [3.8, 4) is 23.3 Å². The first-order valence-corrected chi connectivity index (χ1v) is 9.26. The second-order valence-electron chi connectivity index (χ2n) is 4.88. The Labute approximate surface area is 153 Å². The second kappa shape index (κ2) is 9.93. The quantitative estimate of drug-likeness (QED) is 0.510. The predicted octanol–water partition coefficient (Wildman–Crippen LogP) is 5.86. The van der Waals surface area contributed by atoms with E-state index in [0.717, 1.165) is 0 Å². The summed E-state index contributed by atoms with van der Waals surface area (Å²) in [5.41, 5.74) is 0. The van der Waals surface area contributed by atoms with Crippen LogP contribution in [0, 0.1) is 11.3 Å². The summed E-state index contributed by atoms with van der Waals surface area (Å²) >= 11 is 0. The van der Waals surface area contributed by atoms with Gasteiger partial charge in [-0.25, -0.2) is 0 Å². The number of phosphoric acid groups is 1. The standard InChI is InChI=1S/C18H15O4P.C2H3N/c19-23(20-16-10-4-1-5-11-16,21-17-12-6-2-7-13-17)22-18-14-8-3-9-15-18;1-2-3/h1-15H;1H3. The van der Waals surface area contributed by atoms with E-state index >= 15 is 0 Å². The van der Waals surface area contributed by atoms with Crippen LogP contribution < -0.4 is 13.6 Å². The molecule has 0 unspecified atom stereocenters. The third kappa shape index (κ3) is 6.35. The fourth-order valence-corrected chi connectivity index (χ4v) is 3.14. The molecule has 0 bridgehead atoms. The first-order chi connectivity index (χ1) is 12.6. The monoisotopic (exact) mass is 367 g/mol. The molecule has 3 aromatic rings. The van der Waals surface area contributed by atoms with E-state index in [4.69, 9.17) is 18.8 Å². The molecule has 0 aliphatic rings. The fourth-order valence-electron chi connectivity index (χ4n) is 1.89. The van der Waals surface area contributed by atoms with Crippen molar-refractivity contribution in [2.45, 2.75) is 6.92 Å². The lowest BCUT2D eigenvalue weighted by Gasteiger charge is -2.19. The molecule has 6 heteroatoms. The summed E-state index contributed by atoms with van der Waals surface area (Å²) in [5, 5.41) is 7.32. The van der Waals surface area contributed by atoms with Gasteiger partial charge < -0.3 is 13.6 Å². The molecule has 0 amide bonds. The first kappa shape index (κ1) is 19.1. The molecule has 0 spiro atoms. The summed E-state index contributed by atoms with van der Waals surface area (Å²) in [6, 6.07) is 28.1. The van der Waals surface area contributed by atoms with Gasteiger partial charge in [0.2, 0.25) is 0 Å². The van der Waals surface area contributed by atoms with Crippen molar-refractivity contribution in [3.63, 3.8) is 0 Å². The maximum Gasteiger partial charge on any atom is 0.647 e. The lowest BCUT2D eigenvalue weighted by Crippen LogP contribution is -2.07. The molecule has 0 saturated carbocycles. The molecule has 0 saturated heterocycles. The van der Waals surface area contributed by atoms with Crippen LogP contribution in [0.15, 0.2) is 91.0 Å². The molecule has 3 aromatic carbocycles. The van der Waals surface area contributed by atoms with Crippen molar-refractivity contribution in [3.05, 3.63) is 91.0 Å². The molecule has 0 N–H and O–H groups in total. The minimum Gasteiger partial charge on any atom is -0.386 e. The molecule has 0 aromatic heterocycles. The highest BCUT2D eigenvalue weighted by atomic mass is 31.2. The maximum atomic E-state index is 13.1. The largest absolute Gasteiger partial charge is 0.647 e. The first-order valence-electron chi connectivity index (χ1n) is 7.80. The van der Waals surface area contributed by atoms with Crippen molar-refractivity contribution in [1.29, 1.82) is 5.26 Å². The smallest absolute Gasteiger partial charge is 0.386 e. The summed E-state index contributed by atoms with van der Waals surface area (Å²) in [4.78, 5) is 0. The van der Waals surface area contributed by atoms with Crippen LogP contribution in [0.4, 0.5) is 0 Å². The summed E-state index contributed by atoms with van der Waals surface area (Å²) < 4.78 is 29.6. The minimum atomic E-state index is -3.89. The van der Waals surface area contributed by atoms with E-state index in [1.807, 2.05) is 18.2 Å². The van der Waals surface area contributed by atoms with E-state index in [-0.39, 0.29) is 0 Å². The highest BCUT2D eigenvalue weighted by Crippen LogP contribution is 2.49. The molecule has 0 aliphatic heterocycles. The van der Waals surface area contributed by atoms with Crippen LogP contribution in [0.25, 0.3) is 0 Å². The van der Waals surface area contributed by atoms with Crippen LogP contribution >= 0.6 is 7.82 Å². The van der Waals surface area contributed by atoms with Gasteiger partial charge in [0.1, 0.15) is 17.2 Å². The lowest BCUT2D eigenvalue weighted by molar-refractivity contribution is 0.298. The zero-order chi connectivity index (χ0) is 18.7. The molecule has 3 rings (SSSR count). The van der Waals surface area contributed by atoms with Gasteiger partial charge in [0.25, 0.3) is 0 Å². The van der Waals surface area contributed by atoms with Gasteiger partial charge in [-0.05, 0) is 36.4 Å². The molecule has 0 aliphatic carbocycles. The minimum absolute atomic E-state index is 0.405. The number of para-hydroxylation sites is 3. The summed E-state index contributed by atoms with van der Waals surface area (Å²) in [6.07, 6.45) is 0. The van der Waals surface area contributed by atoms with Crippen LogP contribution in [-0.2, 0) is 4.57 Å². The summed E-state index contributed by atoms with van der Waals surface area (Å²) in [5.74, 6) is 1.22. The molecule has 5 nitrogen and oxygen atoms in total. The molecule has 26 heavy (non-hydrogen) atoms. The molecule has 0 radical (unpaired) electrons. The normalized spacial score (nSPS) is 9.85. The average molecular weight is 367 g/mol. The Hall–Kier alpha value is -3.22. The third-order valence-electron chi connectivity index (χ3n) is 2.88. The molecule has 0 fully saturated rings. The number of nitrogens with zero attached hydrogens (tertiary/aromatic N) is 1.